The van der Waals surface area contributed by atoms with E-state index < -0.39 is 0 Å². The smallest absolute Gasteiger partial charge is 0.187 e. The van der Waals surface area contributed by atoms with Crippen molar-refractivity contribution in [3.8, 4) is 0 Å². The van der Waals surface area contributed by atoms with Crippen molar-refractivity contribution >= 4 is 23.0 Å². The number of pyridine rings is 1. The SMILES string of the molecule is C/C(=N\NC(=S)NCC1CCCO1)c1cccnc1. The van der Waals surface area contributed by atoms with Gasteiger partial charge < -0.3 is 10.1 Å². The van der Waals surface area contributed by atoms with Crippen LogP contribution >= 0.6 is 12.2 Å². The van der Waals surface area contributed by atoms with Crippen LogP contribution in [-0.4, -0.2) is 35.1 Å². The monoisotopic (exact) mass is 278 g/mol. The second kappa shape index (κ2) is 7.16. The number of hydrazone groups is 1. The highest BCUT2D eigenvalue weighted by molar-refractivity contribution is 7.80. The number of nitrogens with zero attached hydrogens (tertiary/aromatic N) is 2. The average Bonchev–Trinajstić information content (AvgIpc) is 2.96. The maximum absolute atomic E-state index is 5.50. The normalized spacial score (nSPS) is 19.2. The predicted molar refractivity (Wildman–Crippen MR) is 79.2 cm³/mol. The topological polar surface area (TPSA) is 58.5 Å². The van der Waals surface area contributed by atoms with Crippen LogP contribution in [0.25, 0.3) is 0 Å². The van der Waals surface area contributed by atoms with Crippen LogP contribution < -0.4 is 10.7 Å². The van der Waals surface area contributed by atoms with E-state index in [0.29, 0.717) is 5.11 Å². The zero-order chi connectivity index (χ0) is 13.5. The third-order valence-corrected chi connectivity index (χ3v) is 3.15. The summed E-state index contributed by atoms with van der Waals surface area (Å²) in [5.41, 5.74) is 4.64. The van der Waals surface area contributed by atoms with Gasteiger partial charge in [-0.25, -0.2) is 0 Å². The summed E-state index contributed by atoms with van der Waals surface area (Å²) in [6.07, 6.45) is 5.99. The number of nitrogens with one attached hydrogen (secondary N) is 2. The van der Waals surface area contributed by atoms with Crippen molar-refractivity contribution in [2.75, 3.05) is 13.2 Å². The molecule has 1 aliphatic rings. The molecule has 0 spiro atoms. The molecule has 1 aromatic rings. The third-order valence-electron chi connectivity index (χ3n) is 2.92. The molecule has 0 aromatic carbocycles. The van der Waals surface area contributed by atoms with E-state index in [0.717, 1.165) is 37.3 Å². The summed E-state index contributed by atoms with van der Waals surface area (Å²) < 4.78 is 5.50. The van der Waals surface area contributed by atoms with Gasteiger partial charge in [0.25, 0.3) is 0 Å². The molecular formula is C13H18N4OS. The Morgan fingerprint density at radius 1 is 1.63 bits per heavy atom. The largest absolute Gasteiger partial charge is 0.376 e. The molecule has 0 radical (unpaired) electrons. The van der Waals surface area contributed by atoms with Crippen LogP contribution in [-0.2, 0) is 4.74 Å². The Balaban J connectivity index is 1.76. The van der Waals surface area contributed by atoms with Gasteiger partial charge in [-0.1, -0.05) is 6.07 Å². The fourth-order valence-electron chi connectivity index (χ4n) is 1.83. The van der Waals surface area contributed by atoms with E-state index in [1.165, 1.54) is 0 Å². The van der Waals surface area contributed by atoms with Gasteiger partial charge in [-0.05, 0) is 38.0 Å². The van der Waals surface area contributed by atoms with Crippen molar-refractivity contribution < 1.29 is 4.74 Å². The van der Waals surface area contributed by atoms with E-state index in [9.17, 15) is 0 Å². The van der Waals surface area contributed by atoms with Crippen LogP contribution in [0, 0.1) is 0 Å². The number of rotatable bonds is 4. The number of thiocarbonyl (C=S) groups is 1. The lowest BCUT2D eigenvalue weighted by Crippen LogP contribution is -2.37. The molecule has 0 amide bonds. The third kappa shape index (κ3) is 4.57. The maximum Gasteiger partial charge on any atom is 0.187 e. The zero-order valence-electron chi connectivity index (χ0n) is 10.9. The molecule has 19 heavy (non-hydrogen) atoms. The molecule has 1 aromatic heterocycles. The number of hydrogen-bond donors (Lipinski definition) is 2. The molecule has 0 bridgehead atoms. The highest BCUT2D eigenvalue weighted by atomic mass is 32.1. The number of aromatic nitrogens is 1. The zero-order valence-corrected chi connectivity index (χ0v) is 11.7. The van der Waals surface area contributed by atoms with Crippen LogP contribution in [0.5, 0.6) is 0 Å². The molecule has 1 fully saturated rings. The molecule has 2 N–H and O–H groups in total. The van der Waals surface area contributed by atoms with E-state index in [1.54, 1.807) is 12.4 Å². The Hall–Kier alpha value is -1.53. The number of hydrogen-bond acceptors (Lipinski definition) is 4. The molecule has 1 saturated heterocycles. The van der Waals surface area contributed by atoms with Crippen molar-refractivity contribution in [3.63, 3.8) is 0 Å². The Labute approximate surface area is 118 Å². The molecule has 0 aliphatic carbocycles. The lowest BCUT2D eigenvalue weighted by atomic mass is 10.2. The van der Waals surface area contributed by atoms with Gasteiger partial charge in [-0.2, -0.15) is 5.10 Å². The van der Waals surface area contributed by atoms with E-state index in [4.69, 9.17) is 17.0 Å². The fraction of sp³-hybridized carbons (Fsp3) is 0.462. The minimum Gasteiger partial charge on any atom is -0.376 e. The van der Waals surface area contributed by atoms with E-state index in [-0.39, 0.29) is 6.10 Å². The summed E-state index contributed by atoms with van der Waals surface area (Å²) in [5, 5.41) is 7.84. The second-order valence-corrected chi connectivity index (χ2v) is 4.80. The highest BCUT2D eigenvalue weighted by Crippen LogP contribution is 2.10. The first-order valence-electron chi connectivity index (χ1n) is 6.36. The highest BCUT2D eigenvalue weighted by Gasteiger charge is 2.14. The standard InChI is InChI=1S/C13H18N4OS/c1-10(11-4-2-6-14-8-11)16-17-13(19)15-9-12-5-3-7-18-12/h2,4,6,8,12H,3,5,7,9H2,1H3,(H2,15,17,19)/b16-10+. The molecule has 102 valence electrons. The quantitative estimate of drug-likeness (QED) is 0.496. The molecule has 2 rings (SSSR count). The Bertz CT molecular complexity index is 443. The van der Waals surface area contributed by atoms with Crippen molar-refractivity contribution in [2.24, 2.45) is 5.10 Å². The Kier molecular flexibility index (Phi) is 5.23. The van der Waals surface area contributed by atoms with Gasteiger partial charge in [0.15, 0.2) is 5.11 Å². The summed E-state index contributed by atoms with van der Waals surface area (Å²) >= 11 is 5.16. The Morgan fingerprint density at radius 2 is 2.53 bits per heavy atom. The number of ether oxygens (including phenoxy) is 1. The molecule has 2 heterocycles. The van der Waals surface area contributed by atoms with Crippen molar-refractivity contribution in [3.05, 3.63) is 30.1 Å². The van der Waals surface area contributed by atoms with Crippen molar-refractivity contribution in [1.82, 2.24) is 15.7 Å². The van der Waals surface area contributed by atoms with Gasteiger partial charge in [0, 0.05) is 31.1 Å². The maximum atomic E-state index is 5.50. The molecule has 1 atom stereocenters. The van der Waals surface area contributed by atoms with Gasteiger partial charge in [-0.3, -0.25) is 10.4 Å². The lowest BCUT2D eigenvalue weighted by Gasteiger charge is -2.12. The fourth-order valence-corrected chi connectivity index (χ4v) is 1.96. The van der Waals surface area contributed by atoms with Crippen molar-refractivity contribution in [2.45, 2.75) is 25.9 Å². The summed E-state index contributed by atoms with van der Waals surface area (Å²) in [7, 11) is 0. The van der Waals surface area contributed by atoms with Crippen LogP contribution in [0.3, 0.4) is 0 Å². The average molecular weight is 278 g/mol. The first-order valence-corrected chi connectivity index (χ1v) is 6.76. The van der Waals surface area contributed by atoms with Gasteiger partial charge >= 0.3 is 0 Å². The van der Waals surface area contributed by atoms with Crippen LogP contribution in [0.2, 0.25) is 0 Å². The van der Waals surface area contributed by atoms with Crippen molar-refractivity contribution in [1.29, 1.82) is 0 Å². The van der Waals surface area contributed by atoms with Crippen LogP contribution in [0.4, 0.5) is 0 Å². The van der Waals surface area contributed by atoms with E-state index in [2.05, 4.69) is 20.8 Å². The minimum atomic E-state index is 0.267. The van der Waals surface area contributed by atoms with Gasteiger partial charge in [-0.15, -0.1) is 0 Å². The van der Waals surface area contributed by atoms with Crippen LogP contribution in [0.1, 0.15) is 25.3 Å². The van der Waals surface area contributed by atoms with Gasteiger partial charge in [0.2, 0.25) is 0 Å². The second-order valence-electron chi connectivity index (χ2n) is 4.40. The lowest BCUT2D eigenvalue weighted by molar-refractivity contribution is 0.114. The summed E-state index contributed by atoms with van der Waals surface area (Å²) in [6, 6.07) is 3.83. The molecular weight excluding hydrogens is 260 g/mol. The Morgan fingerprint density at radius 3 is 3.21 bits per heavy atom. The summed E-state index contributed by atoms with van der Waals surface area (Å²) in [4.78, 5) is 4.05. The molecule has 0 saturated carbocycles. The van der Waals surface area contributed by atoms with Gasteiger partial charge in [0.05, 0.1) is 11.8 Å². The van der Waals surface area contributed by atoms with Crippen LogP contribution in [0.15, 0.2) is 29.6 Å². The summed E-state index contributed by atoms with van der Waals surface area (Å²) in [6.45, 7) is 3.49. The van der Waals surface area contributed by atoms with Gasteiger partial charge in [0.1, 0.15) is 0 Å². The first kappa shape index (κ1) is 13.9. The molecule has 6 heteroatoms. The molecule has 1 unspecified atom stereocenters. The molecule has 1 aliphatic heterocycles. The predicted octanol–water partition coefficient (Wildman–Crippen LogP) is 1.45. The minimum absolute atomic E-state index is 0.267. The summed E-state index contributed by atoms with van der Waals surface area (Å²) in [5.74, 6) is 0. The first-order chi connectivity index (χ1) is 9.25. The van der Waals surface area contributed by atoms with E-state index >= 15 is 0 Å². The molecule has 5 nitrogen and oxygen atoms in total. The van der Waals surface area contributed by atoms with E-state index in [1.807, 2.05) is 19.1 Å².